The van der Waals surface area contributed by atoms with Crippen LogP contribution in [-0.4, -0.2) is 54.4 Å². The number of piperazine rings is 1. The zero-order valence-corrected chi connectivity index (χ0v) is 16.9. The number of amides is 2. The van der Waals surface area contributed by atoms with Gasteiger partial charge in [-0.3, -0.25) is 14.6 Å². The van der Waals surface area contributed by atoms with E-state index >= 15 is 0 Å². The molecule has 2 aromatic rings. The van der Waals surface area contributed by atoms with Crippen LogP contribution in [-0.2, 0) is 0 Å². The molecule has 0 radical (unpaired) electrons. The Morgan fingerprint density at radius 1 is 1.11 bits per heavy atom. The maximum Gasteiger partial charge on any atom is 0.272 e. The Morgan fingerprint density at radius 2 is 1.86 bits per heavy atom. The molecule has 1 saturated heterocycles. The van der Waals surface area contributed by atoms with E-state index in [9.17, 15) is 9.59 Å². The van der Waals surface area contributed by atoms with Crippen molar-refractivity contribution in [1.82, 2.24) is 15.2 Å². The van der Waals surface area contributed by atoms with Crippen molar-refractivity contribution in [3.05, 3.63) is 58.9 Å². The van der Waals surface area contributed by atoms with Crippen LogP contribution in [0.1, 0.15) is 45.3 Å². The number of carbonyl (C=O) groups excluding carboxylic acids is 2. The van der Waals surface area contributed by atoms with Gasteiger partial charge in [-0.25, -0.2) is 0 Å². The molecule has 1 aliphatic heterocycles. The quantitative estimate of drug-likeness (QED) is 0.866. The second kappa shape index (κ2) is 8.87. The number of benzene rings is 1. The molecule has 3 rings (SSSR count). The van der Waals surface area contributed by atoms with E-state index in [2.05, 4.69) is 47.2 Å². The summed E-state index contributed by atoms with van der Waals surface area (Å²) in [7, 11) is 0. The smallest absolute Gasteiger partial charge is 0.272 e. The number of aryl methyl sites for hydroxylation is 1. The lowest BCUT2D eigenvalue weighted by Gasteiger charge is -2.37. The molecule has 1 N–H and O–H groups in total. The van der Waals surface area contributed by atoms with E-state index in [1.165, 1.54) is 23.0 Å². The minimum absolute atomic E-state index is 0.120. The fourth-order valence-corrected chi connectivity index (χ4v) is 3.42. The van der Waals surface area contributed by atoms with Crippen LogP contribution in [0.2, 0.25) is 0 Å². The summed E-state index contributed by atoms with van der Waals surface area (Å²) in [5.74, 6) is -0.288. The molecule has 6 nitrogen and oxygen atoms in total. The Morgan fingerprint density at radius 3 is 2.57 bits per heavy atom. The van der Waals surface area contributed by atoms with Crippen molar-refractivity contribution < 1.29 is 9.59 Å². The summed E-state index contributed by atoms with van der Waals surface area (Å²) >= 11 is 0. The van der Waals surface area contributed by atoms with Crippen molar-refractivity contribution in [1.29, 1.82) is 0 Å². The van der Waals surface area contributed by atoms with E-state index in [4.69, 9.17) is 0 Å². The van der Waals surface area contributed by atoms with Crippen LogP contribution in [0.25, 0.3) is 0 Å². The Labute approximate surface area is 166 Å². The molecule has 1 aromatic heterocycles. The molecule has 0 unspecified atom stereocenters. The fourth-order valence-electron chi connectivity index (χ4n) is 3.42. The summed E-state index contributed by atoms with van der Waals surface area (Å²) in [5.41, 5.74) is 4.60. The number of hydrogen-bond acceptors (Lipinski definition) is 4. The van der Waals surface area contributed by atoms with Crippen LogP contribution < -0.4 is 10.2 Å². The van der Waals surface area contributed by atoms with Crippen molar-refractivity contribution in [3.8, 4) is 0 Å². The van der Waals surface area contributed by atoms with Crippen molar-refractivity contribution in [2.24, 2.45) is 0 Å². The van der Waals surface area contributed by atoms with Crippen molar-refractivity contribution in [2.45, 2.75) is 27.2 Å². The minimum atomic E-state index is -0.168. The zero-order chi connectivity index (χ0) is 20.1. The van der Waals surface area contributed by atoms with E-state index in [1.807, 2.05) is 11.8 Å². The summed E-state index contributed by atoms with van der Waals surface area (Å²) in [5, 5.41) is 2.83. The van der Waals surface area contributed by atoms with E-state index in [0.29, 0.717) is 30.9 Å². The lowest BCUT2D eigenvalue weighted by atomic mass is 10.1. The Balaban J connectivity index is 1.65. The van der Waals surface area contributed by atoms with Crippen LogP contribution in [0.4, 0.5) is 5.69 Å². The monoisotopic (exact) mass is 380 g/mol. The summed E-state index contributed by atoms with van der Waals surface area (Å²) in [6, 6.07) is 9.56. The third kappa shape index (κ3) is 4.32. The van der Waals surface area contributed by atoms with Crippen LogP contribution in [0, 0.1) is 13.8 Å². The van der Waals surface area contributed by atoms with Gasteiger partial charge >= 0.3 is 0 Å². The van der Waals surface area contributed by atoms with Gasteiger partial charge in [0.1, 0.15) is 5.69 Å². The second-order valence-corrected chi connectivity index (χ2v) is 7.18. The van der Waals surface area contributed by atoms with E-state index in [-0.39, 0.29) is 11.8 Å². The number of aromatic nitrogens is 1. The van der Waals surface area contributed by atoms with Crippen LogP contribution in [0.15, 0.2) is 36.5 Å². The lowest BCUT2D eigenvalue weighted by molar-refractivity contribution is 0.0741. The SMILES string of the molecule is CCCNC(=O)c1ccnc(C(=O)N2CCN(c3cccc(C)c3C)CC2)c1. The van der Waals surface area contributed by atoms with E-state index < -0.39 is 0 Å². The molecule has 28 heavy (non-hydrogen) atoms. The van der Waals surface area contributed by atoms with E-state index in [1.54, 1.807) is 12.1 Å². The van der Waals surface area contributed by atoms with Gasteiger partial charge in [0.15, 0.2) is 0 Å². The number of rotatable bonds is 5. The fraction of sp³-hybridized carbons (Fsp3) is 0.409. The van der Waals surface area contributed by atoms with Crippen molar-refractivity contribution in [2.75, 3.05) is 37.6 Å². The maximum atomic E-state index is 12.9. The highest BCUT2D eigenvalue weighted by Crippen LogP contribution is 2.24. The molecule has 0 bridgehead atoms. The molecule has 148 valence electrons. The highest BCUT2D eigenvalue weighted by Gasteiger charge is 2.24. The van der Waals surface area contributed by atoms with Crippen LogP contribution >= 0.6 is 0 Å². The van der Waals surface area contributed by atoms with Gasteiger partial charge < -0.3 is 15.1 Å². The summed E-state index contributed by atoms with van der Waals surface area (Å²) in [6.45, 7) is 9.72. The van der Waals surface area contributed by atoms with Crippen LogP contribution in [0.5, 0.6) is 0 Å². The van der Waals surface area contributed by atoms with Crippen molar-refractivity contribution in [3.63, 3.8) is 0 Å². The van der Waals surface area contributed by atoms with Gasteiger partial charge in [0.25, 0.3) is 11.8 Å². The zero-order valence-electron chi connectivity index (χ0n) is 16.9. The molecule has 0 aliphatic carbocycles. The van der Waals surface area contributed by atoms with Gasteiger partial charge in [0, 0.05) is 50.2 Å². The first-order chi connectivity index (χ1) is 13.5. The van der Waals surface area contributed by atoms with Crippen molar-refractivity contribution >= 4 is 17.5 Å². The Kier molecular flexibility index (Phi) is 6.29. The first kappa shape index (κ1) is 19.9. The number of nitrogens with one attached hydrogen (secondary N) is 1. The maximum absolute atomic E-state index is 12.9. The molecule has 2 amide bonds. The lowest BCUT2D eigenvalue weighted by Crippen LogP contribution is -2.49. The first-order valence-corrected chi connectivity index (χ1v) is 9.86. The number of nitrogens with zero attached hydrogens (tertiary/aromatic N) is 3. The third-order valence-corrected chi connectivity index (χ3v) is 5.26. The van der Waals surface area contributed by atoms with Gasteiger partial charge in [0.2, 0.25) is 0 Å². The molecular formula is C22H28N4O2. The predicted molar refractivity (Wildman–Crippen MR) is 111 cm³/mol. The molecule has 0 saturated carbocycles. The van der Waals surface area contributed by atoms with Gasteiger partial charge in [-0.05, 0) is 49.6 Å². The Bertz CT molecular complexity index is 857. The highest BCUT2D eigenvalue weighted by molar-refractivity contribution is 5.98. The number of carbonyl (C=O) groups is 2. The standard InChI is InChI=1S/C22H28N4O2/c1-4-9-24-21(27)18-8-10-23-19(15-18)22(28)26-13-11-25(12-14-26)20-7-5-6-16(2)17(20)3/h5-8,10,15H,4,9,11-14H2,1-3H3,(H,24,27). The minimum Gasteiger partial charge on any atom is -0.368 e. The average molecular weight is 380 g/mol. The van der Waals surface area contributed by atoms with Crippen LogP contribution in [0.3, 0.4) is 0 Å². The molecule has 0 atom stereocenters. The number of anilines is 1. The van der Waals surface area contributed by atoms with E-state index in [0.717, 1.165) is 19.5 Å². The molecular weight excluding hydrogens is 352 g/mol. The summed E-state index contributed by atoms with van der Waals surface area (Å²) in [4.78, 5) is 33.3. The molecule has 1 aliphatic rings. The summed E-state index contributed by atoms with van der Waals surface area (Å²) < 4.78 is 0. The second-order valence-electron chi connectivity index (χ2n) is 7.18. The molecule has 2 heterocycles. The van der Waals surface area contributed by atoms with Gasteiger partial charge in [-0.1, -0.05) is 19.1 Å². The number of pyridine rings is 1. The highest BCUT2D eigenvalue weighted by atomic mass is 16.2. The normalized spacial score (nSPS) is 14.1. The molecule has 1 aromatic carbocycles. The predicted octanol–water partition coefficient (Wildman–Crippen LogP) is 2.80. The summed E-state index contributed by atoms with van der Waals surface area (Å²) in [6.07, 6.45) is 2.40. The van der Waals surface area contributed by atoms with Gasteiger partial charge in [-0.15, -0.1) is 0 Å². The Hall–Kier alpha value is -2.89. The topological polar surface area (TPSA) is 65.5 Å². The van der Waals surface area contributed by atoms with Gasteiger partial charge in [-0.2, -0.15) is 0 Å². The molecule has 0 spiro atoms. The average Bonchev–Trinajstić information content (AvgIpc) is 2.73. The molecule has 1 fully saturated rings. The number of hydrogen-bond donors (Lipinski definition) is 1. The molecule has 6 heteroatoms. The first-order valence-electron chi connectivity index (χ1n) is 9.86. The third-order valence-electron chi connectivity index (χ3n) is 5.26. The largest absolute Gasteiger partial charge is 0.368 e. The van der Waals surface area contributed by atoms with Gasteiger partial charge in [0.05, 0.1) is 0 Å².